The van der Waals surface area contributed by atoms with E-state index in [2.05, 4.69) is 46.9 Å². The highest BCUT2D eigenvalue weighted by molar-refractivity contribution is 5.31. The molecule has 4 nitrogen and oxygen atoms in total. The van der Waals surface area contributed by atoms with E-state index in [0.29, 0.717) is 5.95 Å². The van der Waals surface area contributed by atoms with Crippen LogP contribution >= 0.6 is 0 Å². The third-order valence-electron chi connectivity index (χ3n) is 3.93. The van der Waals surface area contributed by atoms with Crippen molar-refractivity contribution in [2.75, 3.05) is 12.3 Å². The highest BCUT2D eigenvalue weighted by Crippen LogP contribution is 2.20. The molecule has 1 aliphatic rings. The maximum atomic E-state index is 5.64. The maximum Gasteiger partial charge on any atom is 0.220 e. The largest absolute Gasteiger partial charge is 0.368 e. The minimum absolute atomic E-state index is 0.381. The Hall–Kier alpha value is -1.94. The van der Waals surface area contributed by atoms with Gasteiger partial charge >= 0.3 is 0 Å². The summed E-state index contributed by atoms with van der Waals surface area (Å²) >= 11 is 0. The number of nitrogens with zero attached hydrogens (tertiary/aromatic N) is 3. The van der Waals surface area contributed by atoms with E-state index in [-0.39, 0.29) is 0 Å². The van der Waals surface area contributed by atoms with Gasteiger partial charge in [0, 0.05) is 37.8 Å². The van der Waals surface area contributed by atoms with Crippen LogP contribution < -0.4 is 5.73 Å². The molecule has 0 saturated heterocycles. The summed E-state index contributed by atoms with van der Waals surface area (Å²) < 4.78 is 0. The van der Waals surface area contributed by atoms with Crippen LogP contribution in [0, 0.1) is 13.8 Å². The van der Waals surface area contributed by atoms with E-state index >= 15 is 0 Å². The Morgan fingerprint density at radius 3 is 3.00 bits per heavy atom. The highest BCUT2D eigenvalue weighted by Gasteiger charge is 2.18. The second-order valence-electron chi connectivity index (χ2n) is 5.59. The normalized spacial score (nSPS) is 15.1. The fourth-order valence-electron chi connectivity index (χ4n) is 2.74. The molecule has 0 amide bonds. The molecule has 20 heavy (non-hydrogen) atoms. The molecule has 0 spiro atoms. The van der Waals surface area contributed by atoms with E-state index in [1.165, 1.54) is 22.3 Å². The lowest BCUT2D eigenvalue weighted by Crippen LogP contribution is -2.31. The maximum absolute atomic E-state index is 5.64. The first kappa shape index (κ1) is 13.1. The topological polar surface area (TPSA) is 55.0 Å². The number of rotatable bonds is 2. The predicted molar refractivity (Wildman–Crippen MR) is 80.2 cm³/mol. The molecular formula is C16H20N4. The Kier molecular flexibility index (Phi) is 3.40. The summed E-state index contributed by atoms with van der Waals surface area (Å²) in [5.41, 5.74) is 12.0. The number of aryl methyl sites for hydroxylation is 2. The van der Waals surface area contributed by atoms with E-state index in [0.717, 1.165) is 31.7 Å². The first-order chi connectivity index (χ1) is 9.61. The molecule has 0 radical (unpaired) electrons. The third kappa shape index (κ3) is 2.65. The average Bonchev–Trinajstić information content (AvgIpc) is 2.43. The number of anilines is 1. The zero-order valence-electron chi connectivity index (χ0n) is 12.1. The van der Waals surface area contributed by atoms with Gasteiger partial charge < -0.3 is 5.73 Å². The molecule has 1 aliphatic heterocycles. The summed E-state index contributed by atoms with van der Waals surface area (Å²) in [6, 6.07) is 6.65. The van der Waals surface area contributed by atoms with E-state index in [1.54, 1.807) is 0 Å². The molecule has 0 bridgehead atoms. The fourth-order valence-corrected chi connectivity index (χ4v) is 2.74. The molecule has 1 aromatic carbocycles. The van der Waals surface area contributed by atoms with Crippen molar-refractivity contribution in [3.8, 4) is 0 Å². The molecule has 0 atom stereocenters. The van der Waals surface area contributed by atoms with Crippen molar-refractivity contribution in [2.45, 2.75) is 33.4 Å². The SMILES string of the molecule is Cc1ccc(C)c(CN2CCc3nc(N)ncc3C2)c1. The third-order valence-corrected chi connectivity index (χ3v) is 3.93. The average molecular weight is 268 g/mol. The minimum atomic E-state index is 0.381. The molecule has 0 unspecified atom stereocenters. The Bertz CT molecular complexity index is 636. The van der Waals surface area contributed by atoms with Crippen LogP contribution in [0.3, 0.4) is 0 Å². The first-order valence-electron chi connectivity index (χ1n) is 7.00. The molecule has 2 aromatic rings. The quantitative estimate of drug-likeness (QED) is 0.907. The Morgan fingerprint density at radius 2 is 2.15 bits per heavy atom. The van der Waals surface area contributed by atoms with E-state index < -0.39 is 0 Å². The van der Waals surface area contributed by atoms with Crippen molar-refractivity contribution < 1.29 is 0 Å². The van der Waals surface area contributed by atoms with Gasteiger partial charge in [-0.2, -0.15) is 0 Å². The molecule has 1 aromatic heterocycles. The zero-order chi connectivity index (χ0) is 14.1. The smallest absolute Gasteiger partial charge is 0.220 e. The summed E-state index contributed by atoms with van der Waals surface area (Å²) in [6.07, 6.45) is 2.82. The summed E-state index contributed by atoms with van der Waals surface area (Å²) in [5.74, 6) is 0.381. The summed E-state index contributed by atoms with van der Waals surface area (Å²) in [6.45, 7) is 7.23. The number of aromatic nitrogens is 2. The van der Waals surface area contributed by atoms with Crippen molar-refractivity contribution in [3.05, 3.63) is 52.3 Å². The van der Waals surface area contributed by atoms with Gasteiger partial charge in [0.1, 0.15) is 0 Å². The summed E-state index contributed by atoms with van der Waals surface area (Å²) in [7, 11) is 0. The van der Waals surface area contributed by atoms with Crippen molar-refractivity contribution in [1.29, 1.82) is 0 Å². The van der Waals surface area contributed by atoms with Crippen molar-refractivity contribution in [2.24, 2.45) is 0 Å². The number of fused-ring (bicyclic) bond motifs is 1. The Morgan fingerprint density at radius 1 is 1.30 bits per heavy atom. The van der Waals surface area contributed by atoms with Crippen LogP contribution in [-0.4, -0.2) is 21.4 Å². The Labute approximate surface area is 119 Å². The van der Waals surface area contributed by atoms with E-state index in [4.69, 9.17) is 5.73 Å². The summed E-state index contributed by atoms with van der Waals surface area (Å²) in [5, 5.41) is 0. The van der Waals surface area contributed by atoms with Crippen LogP contribution in [0.2, 0.25) is 0 Å². The van der Waals surface area contributed by atoms with Gasteiger partial charge in [-0.15, -0.1) is 0 Å². The van der Waals surface area contributed by atoms with Gasteiger partial charge in [-0.25, -0.2) is 9.97 Å². The van der Waals surface area contributed by atoms with Gasteiger partial charge in [-0.3, -0.25) is 4.90 Å². The molecule has 104 valence electrons. The standard InChI is InChI=1S/C16H20N4/c1-11-3-4-12(2)13(7-11)9-20-6-5-15-14(10-20)8-18-16(17)19-15/h3-4,7-8H,5-6,9-10H2,1-2H3,(H2,17,18,19). The van der Waals surface area contributed by atoms with Gasteiger partial charge in [-0.05, 0) is 25.0 Å². The van der Waals surface area contributed by atoms with Crippen LogP contribution in [-0.2, 0) is 19.5 Å². The van der Waals surface area contributed by atoms with E-state index in [9.17, 15) is 0 Å². The number of nitrogen functional groups attached to an aromatic ring is 1. The molecule has 4 heteroatoms. The lowest BCUT2D eigenvalue weighted by molar-refractivity contribution is 0.242. The number of hydrogen-bond donors (Lipinski definition) is 1. The van der Waals surface area contributed by atoms with Gasteiger partial charge in [0.15, 0.2) is 0 Å². The monoisotopic (exact) mass is 268 g/mol. The molecule has 3 rings (SSSR count). The molecule has 2 heterocycles. The lowest BCUT2D eigenvalue weighted by Gasteiger charge is -2.28. The number of benzene rings is 1. The molecule has 0 aliphatic carbocycles. The second-order valence-corrected chi connectivity index (χ2v) is 5.59. The highest BCUT2D eigenvalue weighted by atomic mass is 15.1. The minimum Gasteiger partial charge on any atom is -0.368 e. The van der Waals surface area contributed by atoms with Crippen LogP contribution in [0.15, 0.2) is 24.4 Å². The van der Waals surface area contributed by atoms with Crippen molar-refractivity contribution >= 4 is 5.95 Å². The van der Waals surface area contributed by atoms with Crippen LogP contribution in [0.25, 0.3) is 0 Å². The number of hydrogen-bond acceptors (Lipinski definition) is 4. The van der Waals surface area contributed by atoms with Gasteiger partial charge in [-0.1, -0.05) is 23.8 Å². The summed E-state index contributed by atoms with van der Waals surface area (Å²) in [4.78, 5) is 10.9. The number of nitrogens with two attached hydrogens (primary N) is 1. The second kappa shape index (κ2) is 5.21. The zero-order valence-corrected chi connectivity index (χ0v) is 12.1. The van der Waals surface area contributed by atoms with Gasteiger partial charge in [0.25, 0.3) is 0 Å². The predicted octanol–water partition coefficient (Wildman–Crippen LogP) is 2.23. The molecular weight excluding hydrogens is 248 g/mol. The van der Waals surface area contributed by atoms with Crippen molar-refractivity contribution in [1.82, 2.24) is 14.9 Å². The van der Waals surface area contributed by atoms with Gasteiger partial charge in [0.05, 0.1) is 5.69 Å². The van der Waals surface area contributed by atoms with E-state index in [1.807, 2.05) is 6.20 Å². The molecule has 2 N–H and O–H groups in total. The Balaban J connectivity index is 1.77. The van der Waals surface area contributed by atoms with Crippen LogP contribution in [0.5, 0.6) is 0 Å². The lowest BCUT2D eigenvalue weighted by atomic mass is 10.0. The van der Waals surface area contributed by atoms with Crippen LogP contribution in [0.1, 0.15) is 27.9 Å². The van der Waals surface area contributed by atoms with Crippen molar-refractivity contribution in [3.63, 3.8) is 0 Å². The molecule has 0 saturated carbocycles. The fraction of sp³-hybridized carbons (Fsp3) is 0.375. The first-order valence-corrected chi connectivity index (χ1v) is 7.00. The molecule has 0 fully saturated rings. The van der Waals surface area contributed by atoms with Crippen LogP contribution in [0.4, 0.5) is 5.95 Å². The van der Waals surface area contributed by atoms with Gasteiger partial charge in [0.2, 0.25) is 5.95 Å².